The standard InChI is InChI=1S/C25H35N5O5S/c1-17(2)22(30-36(34,35)16-19-7-4-3-5-8-19)25(33)29-21(9-6-14-31)24(32)28-15-18-10-12-20(13-11-18)23(26)27/h3-5,7-8,10-13,17,21-22,30-31H,6,9,14-16H2,1-2H3,(H3,26,27)(H,28,32)(H,29,33). The molecule has 0 aliphatic heterocycles. The van der Waals surface area contributed by atoms with Crippen LogP contribution in [0.4, 0.5) is 0 Å². The minimum Gasteiger partial charge on any atom is -0.396 e. The monoisotopic (exact) mass is 517 g/mol. The van der Waals surface area contributed by atoms with E-state index in [1.807, 2.05) is 0 Å². The van der Waals surface area contributed by atoms with Gasteiger partial charge in [-0.1, -0.05) is 68.4 Å². The summed E-state index contributed by atoms with van der Waals surface area (Å²) >= 11 is 0. The van der Waals surface area contributed by atoms with Crippen molar-refractivity contribution in [2.45, 2.75) is 51.1 Å². The van der Waals surface area contributed by atoms with E-state index in [2.05, 4.69) is 15.4 Å². The molecule has 0 aliphatic carbocycles. The van der Waals surface area contributed by atoms with Crippen molar-refractivity contribution in [1.82, 2.24) is 15.4 Å². The summed E-state index contributed by atoms with van der Waals surface area (Å²) in [5.41, 5.74) is 7.37. The molecule has 0 radical (unpaired) electrons. The summed E-state index contributed by atoms with van der Waals surface area (Å²) in [6, 6.07) is 13.4. The van der Waals surface area contributed by atoms with E-state index in [4.69, 9.17) is 11.1 Å². The predicted octanol–water partition coefficient (Wildman–Crippen LogP) is 0.988. The average molecular weight is 518 g/mol. The van der Waals surface area contributed by atoms with E-state index < -0.39 is 33.9 Å². The van der Waals surface area contributed by atoms with Crippen LogP contribution < -0.4 is 21.1 Å². The minimum absolute atomic E-state index is 0.0588. The zero-order valence-electron chi connectivity index (χ0n) is 20.5. The van der Waals surface area contributed by atoms with E-state index in [0.717, 1.165) is 5.56 Å². The Morgan fingerprint density at radius 1 is 1.00 bits per heavy atom. The lowest BCUT2D eigenvalue weighted by molar-refractivity contribution is -0.130. The Hall–Kier alpha value is -3.28. The molecule has 2 aromatic carbocycles. The van der Waals surface area contributed by atoms with Gasteiger partial charge in [0, 0.05) is 18.7 Å². The van der Waals surface area contributed by atoms with Crippen molar-refractivity contribution in [1.29, 1.82) is 5.41 Å². The summed E-state index contributed by atoms with van der Waals surface area (Å²) in [5.74, 6) is -1.79. The van der Waals surface area contributed by atoms with Crippen LogP contribution in [0.25, 0.3) is 0 Å². The van der Waals surface area contributed by atoms with Crippen LogP contribution in [0.2, 0.25) is 0 Å². The number of hydrogen-bond acceptors (Lipinski definition) is 6. The number of benzene rings is 2. The highest BCUT2D eigenvalue weighted by Gasteiger charge is 2.30. The molecule has 11 heteroatoms. The molecule has 2 aromatic rings. The van der Waals surface area contributed by atoms with Crippen LogP contribution >= 0.6 is 0 Å². The molecule has 2 rings (SSSR count). The summed E-state index contributed by atoms with van der Waals surface area (Å²) in [4.78, 5) is 25.9. The molecule has 7 N–H and O–H groups in total. The van der Waals surface area contributed by atoms with Crippen molar-refractivity contribution >= 4 is 27.7 Å². The molecule has 0 aromatic heterocycles. The molecular formula is C25H35N5O5S. The van der Waals surface area contributed by atoms with Crippen LogP contribution in [0.5, 0.6) is 0 Å². The molecule has 10 nitrogen and oxygen atoms in total. The van der Waals surface area contributed by atoms with Crippen molar-refractivity contribution in [3.05, 3.63) is 71.3 Å². The molecule has 0 aliphatic rings. The van der Waals surface area contributed by atoms with Crippen LogP contribution in [0.15, 0.2) is 54.6 Å². The van der Waals surface area contributed by atoms with Gasteiger partial charge in [-0.25, -0.2) is 13.1 Å². The normalized spacial score (nSPS) is 13.1. The van der Waals surface area contributed by atoms with Gasteiger partial charge in [0.25, 0.3) is 0 Å². The van der Waals surface area contributed by atoms with Gasteiger partial charge in [0.15, 0.2) is 0 Å². The number of rotatable bonds is 14. The Morgan fingerprint density at radius 3 is 2.19 bits per heavy atom. The zero-order valence-corrected chi connectivity index (χ0v) is 21.3. The van der Waals surface area contributed by atoms with Crippen molar-refractivity contribution in [2.24, 2.45) is 11.7 Å². The Labute approximate surface area is 212 Å². The molecule has 2 amide bonds. The number of nitrogen functional groups attached to an aromatic ring is 1. The molecule has 0 heterocycles. The fourth-order valence-corrected chi connectivity index (χ4v) is 4.94. The lowest BCUT2D eigenvalue weighted by Crippen LogP contribution is -2.55. The van der Waals surface area contributed by atoms with Gasteiger partial charge in [-0.2, -0.15) is 0 Å². The molecule has 0 saturated heterocycles. The SMILES string of the molecule is CC(C)C(NS(=O)(=O)Cc1ccccc1)C(=O)NC(CCCO)C(=O)NCc1ccc(C(=N)N)cc1. The van der Waals surface area contributed by atoms with E-state index in [1.54, 1.807) is 68.4 Å². The fraction of sp³-hybridized carbons (Fsp3) is 0.400. The zero-order chi connectivity index (χ0) is 26.7. The highest BCUT2D eigenvalue weighted by Crippen LogP contribution is 2.10. The van der Waals surface area contributed by atoms with Gasteiger partial charge in [0.2, 0.25) is 21.8 Å². The second-order valence-corrected chi connectivity index (χ2v) is 10.6. The molecule has 0 spiro atoms. The maximum Gasteiger partial charge on any atom is 0.242 e. The van der Waals surface area contributed by atoms with Crippen molar-refractivity contribution in [3.63, 3.8) is 0 Å². The Kier molecular flexibility index (Phi) is 11.0. The number of nitrogens with two attached hydrogens (primary N) is 1. The molecule has 0 fully saturated rings. The lowest BCUT2D eigenvalue weighted by atomic mass is 10.0. The summed E-state index contributed by atoms with van der Waals surface area (Å²) in [6.07, 6.45) is 0.455. The third-order valence-corrected chi connectivity index (χ3v) is 6.80. The first-order valence-electron chi connectivity index (χ1n) is 11.7. The summed E-state index contributed by atoms with van der Waals surface area (Å²) in [7, 11) is -3.83. The molecule has 2 atom stereocenters. The van der Waals surface area contributed by atoms with E-state index in [0.29, 0.717) is 11.1 Å². The first kappa shape index (κ1) is 29.0. The molecule has 0 bridgehead atoms. The Morgan fingerprint density at radius 2 is 1.64 bits per heavy atom. The number of sulfonamides is 1. The van der Waals surface area contributed by atoms with Crippen LogP contribution in [0.3, 0.4) is 0 Å². The number of hydrogen-bond donors (Lipinski definition) is 6. The molecule has 0 saturated carbocycles. The van der Waals surface area contributed by atoms with E-state index in [1.165, 1.54) is 0 Å². The van der Waals surface area contributed by atoms with Crippen LogP contribution in [-0.4, -0.2) is 49.9 Å². The van der Waals surface area contributed by atoms with Crippen molar-refractivity contribution in [2.75, 3.05) is 6.61 Å². The third-order valence-electron chi connectivity index (χ3n) is 5.47. The molecule has 196 valence electrons. The number of amidine groups is 1. The second-order valence-electron chi connectivity index (χ2n) is 8.84. The first-order valence-corrected chi connectivity index (χ1v) is 13.3. The maximum atomic E-state index is 13.1. The first-order chi connectivity index (χ1) is 17.0. The van der Waals surface area contributed by atoms with Gasteiger partial charge < -0.3 is 21.5 Å². The van der Waals surface area contributed by atoms with Crippen molar-refractivity contribution in [3.8, 4) is 0 Å². The van der Waals surface area contributed by atoms with Gasteiger partial charge >= 0.3 is 0 Å². The van der Waals surface area contributed by atoms with Crippen molar-refractivity contribution < 1.29 is 23.1 Å². The number of carbonyl (C=O) groups excluding carboxylic acids is 2. The summed E-state index contributed by atoms with van der Waals surface area (Å²) in [6.45, 7) is 3.44. The predicted molar refractivity (Wildman–Crippen MR) is 138 cm³/mol. The quantitative estimate of drug-likeness (QED) is 0.161. The van der Waals surface area contributed by atoms with Crippen LogP contribution in [0.1, 0.15) is 43.4 Å². The Balaban J connectivity index is 2.06. The highest BCUT2D eigenvalue weighted by atomic mass is 32.2. The average Bonchev–Trinajstić information content (AvgIpc) is 2.83. The van der Waals surface area contributed by atoms with Crippen LogP contribution in [-0.2, 0) is 31.9 Å². The van der Waals surface area contributed by atoms with Gasteiger partial charge in [-0.3, -0.25) is 15.0 Å². The van der Waals surface area contributed by atoms with Crippen LogP contribution in [0, 0.1) is 11.3 Å². The summed E-state index contributed by atoms with van der Waals surface area (Å²) in [5, 5.41) is 22.1. The number of aliphatic hydroxyl groups is 1. The lowest BCUT2D eigenvalue weighted by Gasteiger charge is -2.25. The smallest absolute Gasteiger partial charge is 0.242 e. The third kappa shape index (κ3) is 9.40. The largest absolute Gasteiger partial charge is 0.396 e. The van der Waals surface area contributed by atoms with Gasteiger partial charge in [0.1, 0.15) is 17.9 Å². The Bertz CT molecular complexity index is 1120. The molecule has 2 unspecified atom stereocenters. The van der Waals surface area contributed by atoms with E-state index in [9.17, 15) is 23.1 Å². The minimum atomic E-state index is -3.83. The van der Waals surface area contributed by atoms with E-state index in [-0.39, 0.29) is 43.5 Å². The molecular weight excluding hydrogens is 482 g/mol. The molecule has 36 heavy (non-hydrogen) atoms. The maximum absolute atomic E-state index is 13.1. The number of carbonyl (C=O) groups is 2. The number of amides is 2. The highest BCUT2D eigenvalue weighted by molar-refractivity contribution is 7.88. The second kappa shape index (κ2) is 13.7. The van der Waals surface area contributed by atoms with Gasteiger partial charge in [-0.05, 0) is 29.9 Å². The van der Waals surface area contributed by atoms with Gasteiger partial charge in [-0.15, -0.1) is 0 Å². The topological polar surface area (TPSA) is 174 Å². The van der Waals surface area contributed by atoms with Gasteiger partial charge in [0.05, 0.1) is 5.75 Å². The number of aliphatic hydroxyl groups excluding tert-OH is 1. The number of nitrogens with one attached hydrogen (secondary N) is 4. The summed E-state index contributed by atoms with van der Waals surface area (Å²) < 4.78 is 27.9. The van der Waals surface area contributed by atoms with E-state index >= 15 is 0 Å². The fourth-order valence-electron chi connectivity index (χ4n) is 3.46.